The molecule has 1 aliphatic carbocycles. The molecular weight excluding hydrogens is 785 g/mol. The highest BCUT2D eigenvalue weighted by atomic mass is 15.1. The number of aromatic nitrogens is 1. The molecule has 0 fully saturated rings. The van der Waals surface area contributed by atoms with E-state index in [0.29, 0.717) is 0 Å². The Bertz CT molecular complexity index is 3720. The summed E-state index contributed by atoms with van der Waals surface area (Å²) in [5, 5.41) is 6.20. The predicted molar refractivity (Wildman–Crippen MR) is 273 cm³/mol. The predicted octanol–water partition coefficient (Wildman–Crippen LogP) is 16.6. The molecule has 0 atom stereocenters. The van der Waals surface area contributed by atoms with Crippen LogP contribution in [0.2, 0.25) is 0 Å². The van der Waals surface area contributed by atoms with Gasteiger partial charge in [-0.15, -0.1) is 0 Å². The van der Waals surface area contributed by atoms with Crippen molar-refractivity contribution in [3.63, 3.8) is 0 Å². The number of hydrogen-bond acceptors (Lipinski definition) is 1. The molecule has 0 saturated carbocycles. The molecule has 0 bridgehead atoms. The molecular formula is C63H42N2. The maximum absolute atomic E-state index is 2.46. The van der Waals surface area contributed by atoms with Gasteiger partial charge in [-0.3, -0.25) is 0 Å². The summed E-state index contributed by atoms with van der Waals surface area (Å²) >= 11 is 0. The number of benzene rings is 10. The molecule has 0 aliphatic heterocycles. The molecule has 0 N–H and O–H groups in total. The van der Waals surface area contributed by atoms with Crippen molar-refractivity contribution in [1.82, 2.24) is 4.40 Å². The van der Waals surface area contributed by atoms with Gasteiger partial charge in [0.2, 0.25) is 0 Å². The van der Waals surface area contributed by atoms with Gasteiger partial charge in [-0.1, -0.05) is 194 Å². The minimum Gasteiger partial charge on any atom is -0.316 e. The summed E-state index contributed by atoms with van der Waals surface area (Å²) in [6.45, 7) is 0. The quantitative estimate of drug-likeness (QED) is 0.155. The summed E-state index contributed by atoms with van der Waals surface area (Å²) in [6, 6.07) is 91.7. The van der Waals surface area contributed by atoms with Gasteiger partial charge in [-0.2, -0.15) is 0 Å². The first-order valence-corrected chi connectivity index (χ1v) is 22.5. The summed E-state index contributed by atoms with van der Waals surface area (Å²) < 4.78 is 2.33. The highest BCUT2D eigenvalue weighted by molar-refractivity contribution is 6.20. The van der Waals surface area contributed by atoms with E-state index in [1.54, 1.807) is 0 Å². The van der Waals surface area contributed by atoms with Crippen molar-refractivity contribution in [2.75, 3.05) is 4.90 Å². The second kappa shape index (κ2) is 14.8. The molecule has 2 heterocycles. The highest BCUT2D eigenvalue weighted by Crippen LogP contribution is 2.57. The first-order chi connectivity index (χ1) is 32.3. The van der Waals surface area contributed by atoms with E-state index in [1.165, 1.54) is 93.6 Å². The minimum atomic E-state index is -0.504. The van der Waals surface area contributed by atoms with Gasteiger partial charge >= 0.3 is 0 Å². The molecule has 2 heteroatoms. The van der Waals surface area contributed by atoms with Crippen molar-refractivity contribution in [2.45, 2.75) is 5.41 Å². The lowest BCUT2D eigenvalue weighted by Crippen LogP contribution is -2.28. The van der Waals surface area contributed by atoms with Gasteiger partial charge in [0.25, 0.3) is 0 Å². The zero-order valence-electron chi connectivity index (χ0n) is 35.6. The second-order valence-corrected chi connectivity index (χ2v) is 17.2. The number of hydrogen-bond donors (Lipinski definition) is 0. The molecule has 2 nitrogen and oxygen atoms in total. The molecule has 0 radical (unpaired) electrons. The third-order valence-electron chi connectivity index (χ3n) is 13.9. The Balaban J connectivity index is 0.996. The minimum absolute atomic E-state index is 0.504. The van der Waals surface area contributed by atoms with E-state index in [4.69, 9.17) is 0 Å². The summed E-state index contributed by atoms with van der Waals surface area (Å²) in [5.74, 6) is 0. The van der Waals surface area contributed by atoms with Gasteiger partial charge in [0.1, 0.15) is 0 Å². The molecule has 2 aromatic heterocycles. The Morgan fingerprint density at radius 1 is 0.338 bits per heavy atom. The van der Waals surface area contributed by atoms with Crippen LogP contribution in [0.3, 0.4) is 0 Å². The van der Waals surface area contributed by atoms with Crippen molar-refractivity contribution >= 4 is 55.0 Å². The van der Waals surface area contributed by atoms with Crippen molar-refractivity contribution < 1.29 is 0 Å². The lowest BCUT2D eigenvalue weighted by molar-refractivity contribution is 0.768. The maximum atomic E-state index is 2.46. The van der Waals surface area contributed by atoms with Crippen LogP contribution in [0.25, 0.3) is 71.3 Å². The van der Waals surface area contributed by atoms with Gasteiger partial charge in [0.15, 0.2) is 0 Å². The third-order valence-corrected chi connectivity index (χ3v) is 13.9. The molecule has 0 spiro atoms. The molecule has 0 amide bonds. The van der Waals surface area contributed by atoms with E-state index in [1.807, 2.05) is 0 Å². The summed E-state index contributed by atoms with van der Waals surface area (Å²) in [7, 11) is 0. The largest absolute Gasteiger partial charge is 0.316 e. The number of nitrogens with zero attached hydrogens (tertiary/aromatic N) is 2. The Labute approximate surface area is 378 Å². The zero-order chi connectivity index (χ0) is 42.9. The summed E-state index contributed by atoms with van der Waals surface area (Å²) in [6.07, 6.45) is 2.18. The molecule has 65 heavy (non-hydrogen) atoms. The Kier molecular flexibility index (Phi) is 8.47. The van der Waals surface area contributed by atoms with Crippen molar-refractivity contribution in [3.05, 3.63) is 277 Å². The number of fused-ring (bicyclic) bond motifs is 9. The van der Waals surface area contributed by atoms with Crippen LogP contribution in [-0.2, 0) is 5.41 Å². The van der Waals surface area contributed by atoms with Crippen molar-refractivity contribution in [3.8, 4) is 33.4 Å². The molecule has 1 aliphatic rings. The standard InChI is InChI=1S/C63H42N2/c1-4-18-45(19-5-1)61-59-29-14-15-40-64(59)60-39-38-53-52(26-16-27-56(53)62(60)61)44-31-33-49(34-32-44)65(50-35-30-43-17-10-11-20-46(43)41-50)51-36-37-55-54-25-12-13-28-57(54)63(58(55)42-51,47-21-6-2-7-22-47)48-23-8-3-9-24-48/h1-42H. The monoisotopic (exact) mass is 826 g/mol. The van der Waals surface area contributed by atoms with Crippen LogP contribution in [0, 0.1) is 0 Å². The van der Waals surface area contributed by atoms with Crippen LogP contribution >= 0.6 is 0 Å². The molecule has 12 aromatic rings. The van der Waals surface area contributed by atoms with Gasteiger partial charge in [-0.25, -0.2) is 0 Å². The normalized spacial score (nSPS) is 12.7. The van der Waals surface area contributed by atoms with E-state index < -0.39 is 5.41 Å². The van der Waals surface area contributed by atoms with Gasteiger partial charge in [0, 0.05) is 34.2 Å². The average molecular weight is 827 g/mol. The first-order valence-electron chi connectivity index (χ1n) is 22.5. The number of pyridine rings is 1. The van der Waals surface area contributed by atoms with Crippen molar-refractivity contribution in [1.29, 1.82) is 0 Å². The van der Waals surface area contributed by atoms with Crippen LogP contribution in [-0.4, -0.2) is 4.40 Å². The Hall–Kier alpha value is -8.46. The number of rotatable bonds is 7. The smallest absolute Gasteiger partial charge is 0.0714 e. The Morgan fingerprint density at radius 2 is 0.954 bits per heavy atom. The highest BCUT2D eigenvalue weighted by Gasteiger charge is 2.46. The van der Waals surface area contributed by atoms with Gasteiger partial charge in [0.05, 0.1) is 16.4 Å². The zero-order valence-corrected chi connectivity index (χ0v) is 35.6. The molecule has 10 aromatic carbocycles. The van der Waals surface area contributed by atoms with Gasteiger partial charge in [-0.05, 0) is 126 Å². The van der Waals surface area contributed by atoms with E-state index in [2.05, 4.69) is 264 Å². The lowest BCUT2D eigenvalue weighted by atomic mass is 9.67. The van der Waals surface area contributed by atoms with Crippen molar-refractivity contribution in [2.24, 2.45) is 0 Å². The molecule has 304 valence electrons. The van der Waals surface area contributed by atoms with Gasteiger partial charge < -0.3 is 9.30 Å². The van der Waals surface area contributed by atoms with Crippen LogP contribution in [0.1, 0.15) is 22.3 Å². The SMILES string of the molecule is c1ccc(-c2c3c4cccc(-c5ccc(N(c6ccc7c(c6)C(c6ccccc6)(c6ccccc6)c6ccccc6-7)c6ccc7ccccc7c6)cc5)c4ccc3n3ccccc23)cc1. The fraction of sp³-hybridized carbons (Fsp3) is 0.0159. The van der Waals surface area contributed by atoms with E-state index in [9.17, 15) is 0 Å². The summed E-state index contributed by atoms with van der Waals surface area (Å²) in [4.78, 5) is 2.44. The molecule has 0 unspecified atom stereocenters. The van der Waals surface area contributed by atoms with E-state index in [-0.39, 0.29) is 0 Å². The third kappa shape index (κ3) is 5.67. The van der Waals surface area contributed by atoms with Crippen LogP contribution in [0.15, 0.2) is 255 Å². The van der Waals surface area contributed by atoms with Crippen LogP contribution in [0.4, 0.5) is 17.1 Å². The average Bonchev–Trinajstić information content (AvgIpc) is 3.88. The summed E-state index contributed by atoms with van der Waals surface area (Å²) in [5.41, 5.74) is 17.8. The second-order valence-electron chi connectivity index (χ2n) is 17.2. The van der Waals surface area contributed by atoms with E-state index >= 15 is 0 Å². The van der Waals surface area contributed by atoms with Crippen LogP contribution < -0.4 is 4.90 Å². The van der Waals surface area contributed by atoms with E-state index in [0.717, 1.165) is 17.1 Å². The fourth-order valence-corrected chi connectivity index (χ4v) is 11.1. The first kappa shape index (κ1) is 37.1. The van der Waals surface area contributed by atoms with Crippen LogP contribution in [0.5, 0.6) is 0 Å². The maximum Gasteiger partial charge on any atom is 0.0714 e. The molecule has 0 saturated heterocycles. The molecule has 13 rings (SSSR count). The lowest BCUT2D eigenvalue weighted by Gasteiger charge is -2.35. The Morgan fingerprint density at radius 3 is 1.74 bits per heavy atom. The fourth-order valence-electron chi connectivity index (χ4n) is 11.1. The topological polar surface area (TPSA) is 7.65 Å². The number of anilines is 3.